The van der Waals surface area contributed by atoms with Crippen molar-refractivity contribution in [3.63, 3.8) is 0 Å². The Labute approximate surface area is 235 Å². The predicted molar refractivity (Wildman–Crippen MR) is 158 cm³/mol. The van der Waals surface area contributed by atoms with E-state index in [1.807, 2.05) is 17.5 Å². The van der Waals surface area contributed by atoms with Crippen LogP contribution < -0.4 is 10.9 Å². The van der Waals surface area contributed by atoms with Crippen LogP contribution in [0.4, 0.5) is 5.69 Å². The number of hydrogen-bond donors (Lipinski definition) is 2. The summed E-state index contributed by atoms with van der Waals surface area (Å²) >= 11 is 2.54. The molecule has 0 unspecified atom stereocenters. The molecule has 0 atom stereocenters. The van der Waals surface area contributed by atoms with Gasteiger partial charge >= 0.3 is 0 Å². The summed E-state index contributed by atoms with van der Waals surface area (Å²) in [6, 6.07) is 14.4. The molecule has 4 aromatic rings. The Balaban J connectivity index is 1.22. The van der Waals surface area contributed by atoms with Crippen LogP contribution in [0.3, 0.4) is 0 Å². The number of amides is 1. The summed E-state index contributed by atoms with van der Waals surface area (Å²) in [7, 11) is -3.52. The third-order valence-corrected chi connectivity index (χ3v) is 10.4. The van der Waals surface area contributed by atoms with E-state index in [-0.39, 0.29) is 22.1 Å². The molecule has 11 heteroatoms. The molecule has 1 aliphatic rings. The van der Waals surface area contributed by atoms with Gasteiger partial charge in [0.2, 0.25) is 15.9 Å². The summed E-state index contributed by atoms with van der Waals surface area (Å²) in [6.07, 6.45) is 2.80. The van der Waals surface area contributed by atoms with Crippen LogP contribution in [-0.2, 0) is 14.8 Å². The van der Waals surface area contributed by atoms with E-state index >= 15 is 0 Å². The number of carbonyl (C=O) groups excluding carboxylic acids is 1. The van der Waals surface area contributed by atoms with Gasteiger partial charge in [0.1, 0.15) is 4.83 Å². The van der Waals surface area contributed by atoms with Crippen molar-refractivity contribution in [2.75, 3.05) is 24.2 Å². The number of nitrogens with one attached hydrogen (secondary N) is 2. The van der Waals surface area contributed by atoms with Crippen LogP contribution in [0.15, 0.2) is 68.8 Å². The lowest BCUT2D eigenvalue weighted by Gasteiger charge is -2.25. The average Bonchev–Trinajstić information content (AvgIpc) is 3.37. The molecule has 204 valence electrons. The Bertz CT molecular complexity index is 1640. The Morgan fingerprint density at radius 3 is 2.44 bits per heavy atom. The fourth-order valence-electron chi connectivity index (χ4n) is 4.55. The quantitative estimate of drug-likeness (QED) is 0.204. The first kappa shape index (κ1) is 27.6. The molecule has 0 aliphatic carbocycles. The fourth-order valence-corrected chi connectivity index (χ4v) is 7.74. The van der Waals surface area contributed by atoms with Crippen LogP contribution in [0.2, 0.25) is 0 Å². The lowest BCUT2D eigenvalue weighted by Crippen LogP contribution is -2.35. The first-order chi connectivity index (χ1) is 18.7. The second-order valence-corrected chi connectivity index (χ2v) is 13.6. The minimum Gasteiger partial charge on any atom is -0.325 e. The highest BCUT2D eigenvalue weighted by Gasteiger charge is 2.25. The van der Waals surface area contributed by atoms with Gasteiger partial charge in [0.15, 0.2) is 5.16 Å². The van der Waals surface area contributed by atoms with Crippen molar-refractivity contribution >= 4 is 54.9 Å². The van der Waals surface area contributed by atoms with Crippen molar-refractivity contribution in [2.45, 2.75) is 49.1 Å². The summed E-state index contributed by atoms with van der Waals surface area (Å²) in [5.41, 5.74) is 3.31. The summed E-state index contributed by atoms with van der Waals surface area (Å²) in [6.45, 7) is 5.36. The SMILES string of the molecule is CC(C)c1ccc(-c2csc3nc(SCC(=O)Nc4ccc(S(=O)(=O)N5CCCCC5)cc4)[nH]c(=O)c23)cc1. The van der Waals surface area contributed by atoms with Crippen molar-refractivity contribution in [3.8, 4) is 11.1 Å². The minimum atomic E-state index is -3.52. The molecule has 0 spiro atoms. The van der Waals surface area contributed by atoms with Crippen molar-refractivity contribution < 1.29 is 13.2 Å². The largest absolute Gasteiger partial charge is 0.325 e. The Morgan fingerprint density at radius 1 is 1.08 bits per heavy atom. The standard InChI is InChI=1S/C28H30N4O4S3/c1-18(2)19-6-8-20(9-7-19)23-16-37-27-25(23)26(34)30-28(31-27)38-17-24(33)29-21-10-12-22(13-11-21)39(35,36)32-14-4-3-5-15-32/h6-13,16,18H,3-5,14-15,17H2,1-2H3,(H,29,33)(H,30,31,34). The summed E-state index contributed by atoms with van der Waals surface area (Å²) in [5, 5.41) is 5.63. The maximum absolute atomic E-state index is 12.9. The molecule has 5 rings (SSSR count). The van der Waals surface area contributed by atoms with Crippen LogP contribution in [0.5, 0.6) is 0 Å². The van der Waals surface area contributed by atoms with Gasteiger partial charge in [-0.15, -0.1) is 11.3 Å². The molecule has 2 N–H and O–H groups in total. The van der Waals surface area contributed by atoms with Crippen LogP contribution in [0, 0.1) is 0 Å². The van der Waals surface area contributed by atoms with Crippen LogP contribution >= 0.6 is 23.1 Å². The number of anilines is 1. The number of carbonyl (C=O) groups is 1. The number of aromatic nitrogens is 2. The average molecular weight is 583 g/mol. The van der Waals surface area contributed by atoms with Crippen LogP contribution in [0.1, 0.15) is 44.6 Å². The lowest BCUT2D eigenvalue weighted by molar-refractivity contribution is -0.113. The van der Waals surface area contributed by atoms with Gasteiger partial charge in [-0.2, -0.15) is 4.31 Å². The number of H-pyrrole nitrogens is 1. The van der Waals surface area contributed by atoms with Gasteiger partial charge in [-0.05, 0) is 54.2 Å². The fraction of sp³-hybridized carbons (Fsp3) is 0.321. The van der Waals surface area contributed by atoms with Crippen LogP contribution in [0.25, 0.3) is 21.3 Å². The van der Waals surface area contributed by atoms with Gasteiger partial charge in [0, 0.05) is 29.7 Å². The number of benzene rings is 2. The number of thioether (sulfide) groups is 1. The molecule has 3 heterocycles. The number of aromatic amines is 1. The number of nitrogens with zero attached hydrogens (tertiary/aromatic N) is 2. The van der Waals surface area contributed by atoms with Gasteiger partial charge in [-0.3, -0.25) is 9.59 Å². The van der Waals surface area contributed by atoms with Crippen LogP contribution in [-0.4, -0.2) is 47.4 Å². The molecule has 8 nitrogen and oxygen atoms in total. The Morgan fingerprint density at radius 2 is 1.77 bits per heavy atom. The second-order valence-electron chi connectivity index (χ2n) is 9.80. The molecule has 0 saturated carbocycles. The number of fused-ring (bicyclic) bond motifs is 1. The molecule has 39 heavy (non-hydrogen) atoms. The topological polar surface area (TPSA) is 112 Å². The molecule has 1 aliphatic heterocycles. The number of thiophene rings is 1. The van der Waals surface area contributed by atoms with E-state index in [1.54, 1.807) is 12.1 Å². The molecule has 1 saturated heterocycles. The zero-order valence-corrected chi connectivity index (χ0v) is 24.2. The number of rotatable bonds is 8. The van der Waals surface area contributed by atoms with Crippen molar-refractivity contribution in [1.29, 1.82) is 0 Å². The van der Waals surface area contributed by atoms with E-state index < -0.39 is 10.0 Å². The van der Waals surface area contributed by atoms with Crippen molar-refractivity contribution in [3.05, 3.63) is 69.8 Å². The van der Waals surface area contributed by atoms with E-state index in [9.17, 15) is 18.0 Å². The molecular weight excluding hydrogens is 553 g/mol. The molecule has 1 amide bonds. The maximum Gasteiger partial charge on any atom is 0.260 e. The summed E-state index contributed by atoms with van der Waals surface area (Å²) < 4.78 is 27.2. The lowest BCUT2D eigenvalue weighted by atomic mass is 9.99. The highest BCUT2D eigenvalue weighted by Crippen LogP contribution is 2.32. The smallest absolute Gasteiger partial charge is 0.260 e. The predicted octanol–water partition coefficient (Wildman–Crippen LogP) is 5.68. The second kappa shape index (κ2) is 11.6. The first-order valence-electron chi connectivity index (χ1n) is 12.9. The summed E-state index contributed by atoms with van der Waals surface area (Å²) in [4.78, 5) is 33.7. The molecule has 1 fully saturated rings. The van der Waals surface area contributed by atoms with Gasteiger partial charge in [0.25, 0.3) is 5.56 Å². The van der Waals surface area contributed by atoms with Gasteiger partial charge in [-0.25, -0.2) is 13.4 Å². The minimum absolute atomic E-state index is 0.0389. The van der Waals surface area contributed by atoms with Gasteiger partial charge in [0.05, 0.1) is 16.0 Å². The Hall–Kier alpha value is -2.99. The maximum atomic E-state index is 12.9. The molecular formula is C28H30N4O4S3. The van der Waals surface area contributed by atoms with Gasteiger partial charge in [-0.1, -0.05) is 56.3 Å². The Kier molecular flexibility index (Phi) is 8.22. The molecule has 2 aromatic carbocycles. The third-order valence-electron chi connectivity index (χ3n) is 6.74. The number of sulfonamides is 1. The van der Waals surface area contributed by atoms with E-state index in [0.29, 0.717) is 40.1 Å². The summed E-state index contributed by atoms with van der Waals surface area (Å²) in [5.74, 6) is 0.184. The number of piperidine rings is 1. The highest BCUT2D eigenvalue weighted by molar-refractivity contribution is 7.99. The van der Waals surface area contributed by atoms with E-state index in [1.165, 1.54) is 33.3 Å². The molecule has 0 bridgehead atoms. The first-order valence-corrected chi connectivity index (χ1v) is 16.2. The van der Waals surface area contributed by atoms with E-state index in [2.05, 4.69) is 41.3 Å². The zero-order valence-electron chi connectivity index (χ0n) is 21.8. The highest BCUT2D eigenvalue weighted by atomic mass is 32.2. The number of hydrogen-bond acceptors (Lipinski definition) is 7. The molecule has 2 aromatic heterocycles. The zero-order chi connectivity index (χ0) is 27.6. The normalized spacial score (nSPS) is 14.6. The third kappa shape index (κ3) is 6.11. The van der Waals surface area contributed by atoms with Crippen molar-refractivity contribution in [2.24, 2.45) is 0 Å². The van der Waals surface area contributed by atoms with E-state index in [0.717, 1.165) is 42.2 Å². The van der Waals surface area contributed by atoms with E-state index in [4.69, 9.17) is 0 Å². The van der Waals surface area contributed by atoms with Gasteiger partial charge < -0.3 is 10.3 Å². The van der Waals surface area contributed by atoms with Crippen molar-refractivity contribution in [1.82, 2.24) is 14.3 Å². The molecule has 0 radical (unpaired) electrons. The monoisotopic (exact) mass is 582 g/mol.